The van der Waals surface area contributed by atoms with Crippen molar-refractivity contribution in [3.63, 3.8) is 0 Å². The third-order valence-electron chi connectivity index (χ3n) is 5.56. The van der Waals surface area contributed by atoms with Crippen LogP contribution in [0.5, 0.6) is 0 Å². The van der Waals surface area contributed by atoms with Gasteiger partial charge in [0.05, 0.1) is 11.4 Å². The van der Waals surface area contributed by atoms with E-state index in [4.69, 9.17) is 4.74 Å². The topological polar surface area (TPSA) is 72.5 Å². The lowest BCUT2D eigenvalue weighted by atomic mass is 9.83. The zero-order chi connectivity index (χ0) is 23.7. The zero-order valence-corrected chi connectivity index (χ0v) is 18.7. The first-order valence-corrected chi connectivity index (χ1v) is 11.5. The number of rotatable bonds is 6. The van der Waals surface area contributed by atoms with Crippen LogP contribution >= 0.6 is 11.8 Å². The lowest BCUT2D eigenvalue weighted by molar-refractivity contribution is -0.144. The van der Waals surface area contributed by atoms with Gasteiger partial charge in [-0.2, -0.15) is 0 Å². The fourth-order valence-electron chi connectivity index (χ4n) is 4.05. The molecule has 0 atom stereocenters. The summed E-state index contributed by atoms with van der Waals surface area (Å²) >= 11 is 1.27. The van der Waals surface area contributed by atoms with Crippen molar-refractivity contribution in [2.75, 3.05) is 17.7 Å². The van der Waals surface area contributed by atoms with E-state index < -0.39 is 24.3 Å². The smallest absolute Gasteiger partial charge is 0.316 e. The van der Waals surface area contributed by atoms with Gasteiger partial charge in [-0.15, -0.1) is 11.8 Å². The Hall–Kier alpha value is -3.97. The van der Waals surface area contributed by atoms with Crippen molar-refractivity contribution in [3.05, 3.63) is 95.8 Å². The molecule has 5 rings (SSSR count). The predicted molar refractivity (Wildman–Crippen MR) is 130 cm³/mol. The average molecular weight is 472 g/mol. The van der Waals surface area contributed by atoms with Gasteiger partial charge in [-0.05, 0) is 34.7 Å². The van der Waals surface area contributed by atoms with E-state index in [0.717, 1.165) is 26.8 Å². The molecule has 0 bridgehead atoms. The van der Waals surface area contributed by atoms with Crippen LogP contribution in [0.3, 0.4) is 0 Å². The van der Waals surface area contributed by atoms with Crippen molar-refractivity contribution in [1.82, 2.24) is 0 Å². The van der Waals surface area contributed by atoms with E-state index in [-0.39, 0.29) is 17.2 Å². The number of thioether (sulfide) groups is 1. The number of para-hydroxylation sites is 1. The van der Waals surface area contributed by atoms with Gasteiger partial charge in [0.2, 0.25) is 0 Å². The highest BCUT2D eigenvalue weighted by Gasteiger charge is 2.25. The predicted octanol–water partition coefficient (Wildman–Crippen LogP) is 5.46. The molecule has 0 fully saturated rings. The molecule has 168 valence electrons. The Morgan fingerprint density at radius 3 is 2.38 bits per heavy atom. The Morgan fingerprint density at radius 2 is 1.56 bits per heavy atom. The van der Waals surface area contributed by atoms with Gasteiger partial charge in [-0.25, -0.2) is 4.39 Å². The van der Waals surface area contributed by atoms with Crippen LogP contribution in [0.4, 0.5) is 10.1 Å². The number of ether oxygens (including phenoxy) is 1. The SMILES string of the molecule is O=C(COC(=O)CSc1ccc2c3c(cccc13)C(=O)c1ccccc1-2)Nc1ccccc1F. The molecule has 4 aromatic rings. The molecule has 0 radical (unpaired) electrons. The summed E-state index contributed by atoms with van der Waals surface area (Å²) in [4.78, 5) is 38.1. The average Bonchev–Trinajstić information content (AvgIpc) is 2.86. The summed E-state index contributed by atoms with van der Waals surface area (Å²) in [6, 6.07) is 22.8. The number of halogens is 1. The van der Waals surface area contributed by atoms with Gasteiger partial charge in [0.15, 0.2) is 12.4 Å². The molecule has 0 saturated heterocycles. The van der Waals surface area contributed by atoms with Gasteiger partial charge in [0, 0.05) is 21.4 Å². The maximum absolute atomic E-state index is 13.6. The van der Waals surface area contributed by atoms with E-state index in [9.17, 15) is 18.8 Å². The maximum Gasteiger partial charge on any atom is 0.316 e. The standard InChI is InChI=1S/C27H18FNO4S/c28-21-10-3-4-11-22(21)29-24(30)14-33-25(31)15-34-23-13-12-17-16-6-1-2-7-18(16)27(32)20-9-5-8-19(23)26(17)20/h1-13H,14-15H2,(H,29,30). The first-order valence-electron chi connectivity index (χ1n) is 10.6. The van der Waals surface area contributed by atoms with Crippen molar-refractivity contribution in [2.24, 2.45) is 0 Å². The molecule has 0 saturated carbocycles. The van der Waals surface area contributed by atoms with Crippen molar-refractivity contribution in [3.8, 4) is 11.1 Å². The number of hydrogen-bond acceptors (Lipinski definition) is 5. The third-order valence-corrected chi connectivity index (χ3v) is 6.61. The molecule has 0 unspecified atom stereocenters. The van der Waals surface area contributed by atoms with Gasteiger partial charge >= 0.3 is 5.97 Å². The van der Waals surface area contributed by atoms with E-state index in [1.165, 1.54) is 30.0 Å². The highest BCUT2D eigenvalue weighted by atomic mass is 32.2. The molecule has 1 amide bonds. The number of anilines is 1. The number of esters is 1. The Morgan fingerprint density at radius 1 is 0.824 bits per heavy atom. The second-order valence-electron chi connectivity index (χ2n) is 7.69. The number of carbonyl (C=O) groups excluding carboxylic acids is 3. The summed E-state index contributed by atoms with van der Waals surface area (Å²) in [6.07, 6.45) is 0. The number of hydrogen-bond donors (Lipinski definition) is 1. The van der Waals surface area contributed by atoms with Crippen LogP contribution in [-0.2, 0) is 14.3 Å². The summed E-state index contributed by atoms with van der Waals surface area (Å²) in [5.41, 5.74) is 3.23. The first kappa shape index (κ1) is 21.9. The highest BCUT2D eigenvalue weighted by molar-refractivity contribution is 8.00. The fraction of sp³-hybridized carbons (Fsp3) is 0.0741. The lowest BCUT2D eigenvalue weighted by Gasteiger charge is -2.21. The van der Waals surface area contributed by atoms with E-state index in [1.807, 2.05) is 54.6 Å². The van der Waals surface area contributed by atoms with E-state index >= 15 is 0 Å². The summed E-state index contributed by atoms with van der Waals surface area (Å²) in [6.45, 7) is -0.511. The summed E-state index contributed by atoms with van der Waals surface area (Å²) < 4.78 is 18.7. The van der Waals surface area contributed by atoms with Crippen LogP contribution in [0.15, 0.2) is 83.8 Å². The van der Waals surface area contributed by atoms with E-state index in [0.29, 0.717) is 11.1 Å². The molecule has 5 nitrogen and oxygen atoms in total. The lowest BCUT2D eigenvalue weighted by Crippen LogP contribution is -2.22. The monoisotopic (exact) mass is 471 g/mol. The molecular formula is C27H18FNO4S. The van der Waals surface area contributed by atoms with Gasteiger partial charge in [0.25, 0.3) is 5.91 Å². The largest absolute Gasteiger partial charge is 0.455 e. The number of ketones is 1. The quantitative estimate of drug-likeness (QED) is 0.263. The Bertz CT molecular complexity index is 1470. The summed E-state index contributed by atoms with van der Waals surface area (Å²) in [5.74, 6) is -1.80. The minimum absolute atomic E-state index is 0.0175. The van der Waals surface area contributed by atoms with Crippen LogP contribution in [-0.4, -0.2) is 30.0 Å². The number of nitrogens with one attached hydrogen (secondary N) is 1. The molecule has 7 heteroatoms. The van der Waals surface area contributed by atoms with Gasteiger partial charge in [-0.3, -0.25) is 14.4 Å². The van der Waals surface area contributed by atoms with Crippen molar-refractivity contribution in [2.45, 2.75) is 4.90 Å². The molecule has 1 aliphatic rings. The number of amides is 1. The number of benzene rings is 4. The molecule has 1 aliphatic carbocycles. The molecule has 0 aromatic heterocycles. The third kappa shape index (κ3) is 4.06. The molecule has 0 aliphatic heterocycles. The Kier molecular flexibility index (Phi) is 5.86. The van der Waals surface area contributed by atoms with Crippen molar-refractivity contribution < 1.29 is 23.5 Å². The molecule has 0 spiro atoms. The van der Waals surface area contributed by atoms with E-state index in [2.05, 4.69) is 5.32 Å². The van der Waals surface area contributed by atoms with Crippen molar-refractivity contribution >= 4 is 45.9 Å². The molecule has 34 heavy (non-hydrogen) atoms. The molecule has 0 heterocycles. The Balaban J connectivity index is 1.29. The highest BCUT2D eigenvalue weighted by Crippen LogP contribution is 2.42. The van der Waals surface area contributed by atoms with Crippen LogP contribution < -0.4 is 5.32 Å². The van der Waals surface area contributed by atoms with Crippen LogP contribution in [0, 0.1) is 5.82 Å². The van der Waals surface area contributed by atoms with Crippen LogP contribution in [0.1, 0.15) is 15.9 Å². The number of fused-ring (bicyclic) bond motifs is 2. The molecule has 1 N–H and O–H groups in total. The van der Waals surface area contributed by atoms with Gasteiger partial charge < -0.3 is 10.1 Å². The maximum atomic E-state index is 13.6. The fourth-order valence-corrected chi connectivity index (χ4v) is 4.90. The van der Waals surface area contributed by atoms with Crippen molar-refractivity contribution in [1.29, 1.82) is 0 Å². The summed E-state index contributed by atoms with van der Waals surface area (Å²) in [7, 11) is 0. The minimum Gasteiger partial charge on any atom is -0.455 e. The molecular weight excluding hydrogens is 453 g/mol. The second-order valence-corrected chi connectivity index (χ2v) is 8.71. The van der Waals surface area contributed by atoms with Crippen LogP contribution in [0.25, 0.3) is 21.9 Å². The van der Waals surface area contributed by atoms with Gasteiger partial charge in [-0.1, -0.05) is 60.7 Å². The second kappa shape index (κ2) is 9.11. The number of carbonyl (C=O) groups is 3. The van der Waals surface area contributed by atoms with E-state index in [1.54, 1.807) is 6.07 Å². The van der Waals surface area contributed by atoms with Crippen LogP contribution in [0.2, 0.25) is 0 Å². The normalized spacial score (nSPS) is 11.7. The zero-order valence-electron chi connectivity index (χ0n) is 17.8. The minimum atomic E-state index is -0.623. The summed E-state index contributed by atoms with van der Waals surface area (Å²) in [5, 5.41) is 4.12. The Labute approximate surface area is 198 Å². The van der Waals surface area contributed by atoms with Gasteiger partial charge in [0.1, 0.15) is 5.82 Å². The molecule has 4 aromatic carbocycles. The first-order chi connectivity index (χ1) is 16.5.